The van der Waals surface area contributed by atoms with Gasteiger partial charge in [0.25, 0.3) is 5.91 Å². The lowest BCUT2D eigenvalue weighted by Gasteiger charge is -2.07. The monoisotopic (exact) mass is 431 g/mol. The summed E-state index contributed by atoms with van der Waals surface area (Å²) in [4.78, 5) is 12.4. The SMILES string of the molecule is CCn1c(O)c(N=NC(=O)c2ccc(OC)c(OC)c2)c2cc(Br)ccc21. The number of aromatic nitrogens is 1. The number of benzene rings is 2. The number of carbonyl (C=O) groups is 1. The van der Waals surface area contributed by atoms with Crippen molar-refractivity contribution in [1.29, 1.82) is 0 Å². The summed E-state index contributed by atoms with van der Waals surface area (Å²) in [5.41, 5.74) is 1.36. The molecule has 0 aliphatic heterocycles. The van der Waals surface area contributed by atoms with Crippen LogP contribution in [0, 0.1) is 0 Å². The van der Waals surface area contributed by atoms with Crippen LogP contribution in [0.25, 0.3) is 10.9 Å². The number of hydrogen-bond acceptors (Lipinski definition) is 5. The van der Waals surface area contributed by atoms with Crippen molar-refractivity contribution in [3.63, 3.8) is 0 Å². The second kappa shape index (κ2) is 7.79. The van der Waals surface area contributed by atoms with Crippen molar-refractivity contribution in [3.8, 4) is 17.4 Å². The zero-order valence-electron chi connectivity index (χ0n) is 15.1. The van der Waals surface area contributed by atoms with E-state index in [0.29, 0.717) is 29.0 Å². The van der Waals surface area contributed by atoms with Gasteiger partial charge in [-0.2, -0.15) is 0 Å². The van der Waals surface area contributed by atoms with E-state index in [2.05, 4.69) is 26.2 Å². The molecule has 3 aromatic rings. The second-order valence-corrected chi connectivity index (χ2v) is 6.57. The first-order chi connectivity index (χ1) is 13.0. The summed E-state index contributed by atoms with van der Waals surface area (Å²) in [6.45, 7) is 2.47. The number of nitrogens with zero attached hydrogens (tertiary/aromatic N) is 3. The third kappa shape index (κ3) is 3.52. The molecule has 7 nitrogen and oxygen atoms in total. The van der Waals surface area contributed by atoms with Gasteiger partial charge in [-0.15, -0.1) is 10.2 Å². The molecule has 1 N–H and O–H groups in total. The van der Waals surface area contributed by atoms with Crippen LogP contribution < -0.4 is 9.47 Å². The largest absolute Gasteiger partial charge is 0.493 e. The van der Waals surface area contributed by atoms with E-state index in [1.165, 1.54) is 20.3 Å². The van der Waals surface area contributed by atoms with E-state index in [0.717, 1.165) is 9.99 Å². The van der Waals surface area contributed by atoms with E-state index in [1.807, 2.05) is 25.1 Å². The fourth-order valence-electron chi connectivity index (χ4n) is 2.84. The van der Waals surface area contributed by atoms with Gasteiger partial charge in [-0.1, -0.05) is 15.9 Å². The number of amides is 1. The first kappa shape index (κ1) is 18.9. The molecule has 140 valence electrons. The van der Waals surface area contributed by atoms with Crippen LogP contribution in [0.3, 0.4) is 0 Å². The van der Waals surface area contributed by atoms with Crippen LogP contribution in [0.2, 0.25) is 0 Å². The topological polar surface area (TPSA) is 85.4 Å². The lowest BCUT2D eigenvalue weighted by Crippen LogP contribution is -1.97. The predicted octanol–water partition coefficient (Wildman–Crippen LogP) is 5.07. The zero-order valence-corrected chi connectivity index (χ0v) is 16.6. The molecule has 27 heavy (non-hydrogen) atoms. The van der Waals surface area contributed by atoms with E-state index in [9.17, 15) is 9.90 Å². The van der Waals surface area contributed by atoms with Gasteiger partial charge in [-0.05, 0) is 43.3 Å². The molecule has 0 aliphatic carbocycles. The summed E-state index contributed by atoms with van der Waals surface area (Å²) in [5.74, 6) is 0.352. The Morgan fingerprint density at radius 2 is 1.89 bits per heavy atom. The van der Waals surface area contributed by atoms with Crippen molar-refractivity contribution in [1.82, 2.24) is 4.57 Å². The molecule has 0 aliphatic rings. The molecular weight excluding hydrogens is 414 g/mol. The van der Waals surface area contributed by atoms with Crippen LogP contribution in [0.5, 0.6) is 17.4 Å². The van der Waals surface area contributed by atoms with Gasteiger partial charge < -0.3 is 19.1 Å². The molecule has 0 saturated heterocycles. The van der Waals surface area contributed by atoms with Crippen molar-refractivity contribution in [3.05, 3.63) is 46.4 Å². The van der Waals surface area contributed by atoms with Gasteiger partial charge in [0, 0.05) is 22.0 Å². The predicted molar refractivity (Wildman–Crippen MR) is 105 cm³/mol. The van der Waals surface area contributed by atoms with Crippen LogP contribution in [-0.2, 0) is 6.54 Å². The molecule has 0 fully saturated rings. The van der Waals surface area contributed by atoms with Crippen molar-refractivity contribution in [2.24, 2.45) is 10.2 Å². The number of hydrogen-bond donors (Lipinski definition) is 1. The van der Waals surface area contributed by atoms with Gasteiger partial charge in [-0.25, -0.2) is 0 Å². The molecule has 1 heterocycles. The smallest absolute Gasteiger partial charge is 0.295 e. The number of halogens is 1. The van der Waals surface area contributed by atoms with Gasteiger partial charge in [0.1, 0.15) is 0 Å². The number of aromatic hydroxyl groups is 1. The van der Waals surface area contributed by atoms with Crippen LogP contribution in [0.15, 0.2) is 51.1 Å². The molecule has 3 rings (SSSR count). The lowest BCUT2D eigenvalue weighted by molar-refractivity contribution is 0.0994. The van der Waals surface area contributed by atoms with E-state index < -0.39 is 5.91 Å². The van der Waals surface area contributed by atoms with E-state index in [-0.39, 0.29) is 11.6 Å². The maximum atomic E-state index is 12.4. The van der Waals surface area contributed by atoms with Crippen LogP contribution >= 0.6 is 15.9 Å². The maximum Gasteiger partial charge on any atom is 0.295 e. The van der Waals surface area contributed by atoms with E-state index >= 15 is 0 Å². The summed E-state index contributed by atoms with van der Waals surface area (Å²) in [6, 6.07) is 10.3. The Bertz CT molecular complexity index is 1040. The molecule has 0 bridgehead atoms. The number of azo groups is 1. The molecule has 1 aromatic heterocycles. The molecule has 0 spiro atoms. The molecule has 0 atom stereocenters. The average Bonchev–Trinajstić information content (AvgIpc) is 2.95. The van der Waals surface area contributed by atoms with Crippen molar-refractivity contribution >= 4 is 38.4 Å². The van der Waals surface area contributed by atoms with Gasteiger partial charge >= 0.3 is 0 Å². The summed E-state index contributed by atoms with van der Waals surface area (Å²) in [5, 5.41) is 19.0. The van der Waals surface area contributed by atoms with Crippen molar-refractivity contribution < 1.29 is 19.4 Å². The Balaban J connectivity index is 2.00. The fraction of sp³-hybridized carbons (Fsp3) is 0.211. The normalized spacial score (nSPS) is 11.3. The molecule has 0 radical (unpaired) electrons. The van der Waals surface area contributed by atoms with Crippen molar-refractivity contribution in [2.75, 3.05) is 14.2 Å². The lowest BCUT2D eigenvalue weighted by atomic mass is 10.2. The highest BCUT2D eigenvalue weighted by Crippen LogP contribution is 2.40. The van der Waals surface area contributed by atoms with Gasteiger partial charge in [0.2, 0.25) is 5.88 Å². The quantitative estimate of drug-likeness (QED) is 0.571. The Labute approximate surface area is 164 Å². The third-order valence-corrected chi connectivity index (χ3v) is 4.65. The molecule has 1 amide bonds. The molecular formula is C19H18BrN3O4. The minimum Gasteiger partial charge on any atom is -0.493 e. The highest BCUT2D eigenvalue weighted by Gasteiger charge is 2.17. The summed E-state index contributed by atoms with van der Waals surface area (Å²) < 4.78 is 12.9. The number of rotatable bonds is 5. The Kier molecular flexibility index (Phi) is 5.46. The second-order valence-electron chi connectivity index (χ2n) is 5.65. The average molecular weight is 432 g/mol. The molecule has 2 aromatic carbocycles. The number of aryl methyl sites for hydroxylation is 1. The van der Waals surface area contributed by atoms with E-state index in [4.69, 9.17) is 9.47 Å². The fourth-order valence-corrected chi connectivity index (χ4v) is 3.20. The van der Waals surface area contributed by atoms with Crippen LogP contribution in [-0.4, -0.2) is 29.8 Å². The number of ether oxygens (including phenoxy) is 2. The molecule has 0 unspecified atom stereocenters. The third-order valence-electron chi connectivity index (χ3n) is 4.16. The highest BCUT2D eigenvalue weighted by atomic mass is 79.9. The van der Waals surface area contributed by atoms with Gasteiger partial charge in [0.05, 0.1) is 19.7 Å². The number of fused-ring (bicyclic) bond motifs is 1. The highest BCUT2D eigenvalue weighted by molar-refractivity contribution is 9.10. The zero-order chi connectivity index (χ0) is 19.6. The Morgan fingerprint density at radius 1 is 1.15 bits per heavy atom. The van der Waals surface area contributed by atoms with Gasteiger partial charge in [-0.3, -0.25) is 4.79 Å². The van der Waals surface area contributed by atoms with Crippen molar-refractivity contribution in [2.45, 2.75) is 13.5 Å². The first-order valence-corrected chi connectivity index (χ1v) is 8.98. The number of methoxy groups -OCH3 is 2. The first-order valence-electron chi connectivity index (χ1n) is 8.19. The summed E-state index contributed by atoms with van der Waals surface area (Å²) in [6.07, 6.45) is 0. The van der Waals surface area contributed by atoms with Crippen LogP contribution in [0.1, 0.15) is 17.3 Å². The Morgan fingerprint density at radius 3 is 2.56 bits per heavy atom. The minimum atomic E-state index is -0.553. The molecule has 0 saturated carbocycles. The van der Waals surface area contributed by atoms with Crippen LogP contribution in [0.4, 0.5) is 5.69 Å². The summed E-state index contributed by atoms with van der Waals surface area (Å²) >= 11 is 3.41. The minimum absolute atomic E-state index is 0.0329. The molecule has 8 heteroatoms. The standard InChI is InChI=1S/C19H18BrN3O4/c1-4-23-14-7-6-12(20)10-13(14)17(19(23)25)21-22-18(24)11-5-8-15(26-2)16(9-11)27-3/h5-10,25H,4H2,1-3H3. The summed E-state index contributed by atoms with van der Waals surface area (Å²) in [7, 11) is 3.01. The maximum absolute atomic E-state index is 12.4. The van der Waals surface area contributed by atoms with Gasteiger partial charge in [0.15, 0.2) is 17.2 Å². The Hall–Kier alpha value is -2.87. The van der Waals surface area contributed by atoms with E-state index in [1.54, 1.807) is 16.7 Å². The number of carbonyl (C=O) groups excluding carboxylic acids is 1.